The number of ether oxygens (including phenoxy) is 1. The highest BCUT2D eigenvalue weighted by molar-refractivity contribution is 5.84. The van der Waals surface area contributed by atoms with Crippen LogP contribution in [0.5, 0.6) is 0 Å². The van der Waals surface area contributed by atoms with E-state index in [1.54, 1.807) is 11.1 Å². The van der Waals surface area contributed by atoms with Crippen LogP contribution in [0.15, 0.2) is 18.3 Å². The van der Waals surface area contributed by atoms with Gasteiger partial charge in [0.15, 0.2) is 6.29 Å². The standard InChI is InChI=1S/C16H19N3O4.C11H14N4/c1-23-14-4-6-18(16(14)22)8-12-7-11-3-2-5-19(10-21)15(11)17-13(12)9-20;1-13-11-6-10(9(7-12)8-14-11)15-4-2-3-5-15/h7,9-10,14H,2-6,8H2,1H3;6,8H,2-5H2,1H3,(H,13,14). The van der Waals surface area contributed by atoms with Crippen LogP contribution in [-0.4, -0.2) is 79.9 Å². The molecule has 3 aliphatic heterocycles. The van der Waals surface area contributed by atoms with Crippen LogP contribution in [0.2, 0.25) is 0 Å². The van der Waals surface area contributed by atoms with E-state index in [0.29, 0.717) is 43.7 Å². The van der Waals surface area contributed by atoms with Crippen molar-refractivity contribution in [3.05, 3.63) is 40.7 Å². The van der Waals surface area contributed by atoms with Gasteiger partial charge in [0, 0.05) is 71.1 Å². The molecule has 5 rings (SSSR count). The fraction of sp³-hybridized carbons (Fsp3) is 0.481. The van der Waals surface area contributed by atoms with Crippen LogP contribution >= 0.6 is 0 Å². The van der Waals surface area contributed by atoms with Gasteiger partial charge in [-0.25, -0.2) is 9.97 Å². The number of aryl methyl sites for hydroxylation is 1. The Kier molecular flexibility index (Phi) is 8.86. The van der Waals surface area contributed by atoms with Crippen molar-refractivity contribution in [3.8, 4) is 6.07 Å². The molecule has 38 heavy (non-hydrogen) atoms. The molecule has 2 fully saturated rings. The molecule has 1 unspecified atom stereocenters. The lowest BCUT2D eigenvalue weighted by Crippen LogP contribution is -2.32. The van der Waals surface area contributed by atoms with Crippen LogP contribution < -0.4 is 15.1 Å². The molecule has 0 radical (unpaired) electrons. The molecular weight excluding hydrogens is 486 g/mol. The molecule has 0 aromatic carbocycles. The number of likely N-dealkylation sites (tertiary alicyclic amines) is 1. The number of nitrogens with one attached hydrogen (secondary N) is 1. The Morgan fingerprint density at radius 2 is 1.97 bits per heavy atom. The third-order valence-electron chi connectivity index (χ3n) is 7.15. The highest BCUT2D eigenvalue weighted by Gasteiger charge is 2.32. The molecule has 11 nitrogen and oxygen atoms in total. The van der Waals surface area contributed by atoms with Crippen molar-refractivity contribution >= 4 is 35.9 Å². The Balaban J connectivity index is 0.000000194. The van der Waals surface area contributed by atoms with Crippen molar-refractivity contribution in [2.75, 3.05) is 55.5 Å². The van der Waals surface area contributed by atoms with Crippen molar-refractivity contribution in [2.24, 2.45) is 0 Å². The third-order valence-corrected chi connectivity index (χ3v) is 7.15. The van der Waals surface area contributed by atoms with E-state index in [0.717, 1.165) is 55.0 Å². The quantitative estimate of drug-likeness (QED) is 0.547. The molecule has 2 saturated heterocycles. The number of fused-ring (bicyclic) bond motifs is 1. The molecular formula is C27H33N7O4. The maximum absolute atomic E-state index is 12.2. The first-order valence-electron chi connectivity index (χ1n) is 12.9. The molecule has 11 heteroatoms. The lowest BCUT2D eigenvalue weighted by molar-refractivity contribution is -0.136. The number of amides is 2. The molecule has 200 valence electrons. The molecule has 0 bridgehead atoms. The number of nitrogens with zero attached hydrogens (tertiary/aromatic N) is 6. The predicted octanol–water partition coefficient (Wildman–Crippen LogP) is 2.15. The van der Waals surface area contributed by atoms with Gasteiger partial charge < -0.3 is 19.9 Å². The maximum Gasteiger partial charge on any atom is 0.252 e. The maximum atomic E-state index is 12.2. The van der Waals surface area contributed by atoms with Crippen molar-refractivity contribution in [1.82, 2.24) is 14.9 Å². The number of nitriles is 1. The van der Waals surface area contributed by atoms with E-state index in [1.165, 1.54) is 24.9 Å². The molecule has 0 spiro atoms. The van der Waals surface area contributed by atoms with Crippen LogP contribution in [0.25, 0.3) is 0 Å². The summed E-state index contributed by atoms with van der Waals surface area (Å²) in [5.74, 6) is 1.31. The monoisotopic (exact) mass is 519 g/mol. The minimum Gasteiger partial charge on any atom is -0.373 e. The lowest BCUT2D eigenvalue weighted by atomic mass is 10.0. The number of hydrogen-bond acceptors (Lipinski definition) is 9. The van der Waals surface area contributed by atoms with Gasteiger partial charge in [0.2, 0.25) is 6.41 Å². The topological polar surface area (TPSA) is 132 Å². The highest BCUT2D eigenvalue weighted by Crippen LogP contribution is 2.28. The molecule has 2 amide bonds. The lowest BCUT2D eigenvalue weighted by Gasteiger charge is -2.26. The van der Waals surface area contributed by atoms with Crippen LogP contribution in [0, 0.1) is 11.3 Å². The van der Waals surface area contributed by atoms with Crippen molar-refractivity contribution in [3.63, 3.8) is 0 Å². The summed E-state index contributed by atoms with van der Waals surface area (Å²) in [5.41, 5.74) is 3.62. The van der Waals surface area contributed by atoms with Gasteiger partial charge >= 0.3 is 0 Å². The van der Waals surface area contributed by atoms with Gasteiger partial charge in [0.1, 0.15) is 29.5 Å². The predicted molar refractivity (Wildman–Crippen MR) is 142 cm³/mol. The number of aldehydes is 1. The summed E-state index contributed by atoms with van der Waals surface area (Å²) in [6.45, 7) is 3.65. The summed E-state index contributed by atoms with van der Waals surface area (Å²) in [7, 11) is 3.36. The van der Waals surface area contributed by atoms with Crippen molar-refractivity contribution in [1.29, 1.82) is 5.26 Å². The second-order valence-electron chi connectivity index (χ2n) is 9.45. The minimum atomic E-state index is -0.397. The van der Waals surface area contributed by atoms with Gasteiger partial charge in [0.05, 0.1) is 11.3 Å². The zero-order valence-electron chi connectivity index (χ0n) is 21.9. The van der Waals surface area contributed by atoms with Crippen LogP contribution in [0.3, 0.4) is 0 Å². The number of pyridine rings is 2. The van der Waals surface area contributed by atoms with Crippen LogP contribution in [0.1, 0.15) is 52.9 Å². The zero-order valence-corrected chi connectivity index (χ0v) is 21.9. The molecule has 2 aromatic rings. The molecule has 2 aromatic heterocycles. The summed E-state index contributed by atoms with van der Waals surface area (Å²) in [6.07, 6.45) is 7.42. The van der Waals surface area contributed by atoms with E-state index in [9.17, 15) is 14.4 Å². The molecule has 0 aliphatic carbocycles. The first-order chi connectivity index (χ1) is 18.5. The fourth-order valence-corrected chi connectivity index (χ4v) is 5.10. The number of rotatable bonds is 7. The number of aromatic nitrogens is 2. The third kappa shape index (κ3) is 5.75. The largest absolute Gasteiger partial charge is 0.373 e. The Morgan fingerprint density at radius 3 is 2.61 bits per heavy atom. The van der Waals surface area contributed by atoms with Gasteiger partial charge in [-0.05, 0) is 37.3 Å². The van der Waals surface area contributed by atoms with E-state index in [4.69, 9.17) is 10.00 Å². The summed E-state index contributed by atoms with van der Waals surface area (Å²) >= 11 is 0. The highest BCUT2D eigenvalue weighted by atomic mass is 16.5. The van der Waals surface area contributed by atoms with E-state index in [1.807, 2.05) is 19.2 Å². The molecule has 1 N–H and O–H groups in total. The summed E-state index contributed by atoms with van der Waals surface area (Å²) in [4.78, 5) is 48.6. The van der Waals surface area contributed by atoms with Gasteiger partial charge in [-0.15, -0.1) is 0 Å². The smallest absolute Gasteiger partial charge is 0.252 e. The van der Waals surface area contributed by atoms with Gasteiger partial charge in [-0.2, -0.15) is 5.26 Å². The minimum absolute atomic E-state index is 0.0587. The zero-order chi connectivity index (χ0) is 27.1. The molecule has 5 heterocycles. The van der Waals surface area contributed by atoms with E-state index in [2.05, 4.69) is 26.3 Å². The van der Waals surface area contributed by atoms with Crippen molar-refractivity contribution < 1.29 is 19.1 Å². The molecule has 3 aliphatic rings. The molecule has 1 atom stereocenters. The summed E-state index contributed by atoms with van der Waals surface area (Å²) < 4.78 is 5.15. The van der Waals surface area contributed by atoms with Gasteiger partial charge in [0.25, 0.3) is 5.91 Å². The van der Waals surface area contributed by atoms with E-state index >= 15 is 0 Å². The number of methoxy groups -OCH3 is 1. The Labute approximate surface area is 222 Å². The Morgan fingerprint density at radius 1 is 1.18 bits per heavy atom. The van der Waals surface area contributed by atoms with Crippen LogP contribution in [-0.2, 0) is 27.3 Å². The second kappa shape index (κ2) is 12.5. The first-order valence-corrected chi connectivity index (χ1v) is 12.9. The molecule has 0 saturated carbocycles. The fourth-order valence-electron chi connectivity index (χ4n) is 5.10. The Hall–Kier alpha value is -4.04. The van der Waals surface area contributed by atoms with Crippen molar-refractivity contribution in [2.45, 2.75) is 44.8 Å². The second-order valence-corrected chi connectivity index (χ2v) is 9.45. The average molecular weight is 520 g/mol. The van der Waals surface area contributed by atoms with E-state index in [-0.39, 0.29) is 11.6 Å². The number of anilines is 3. The SMILES string of the molecule is CNc1cc(N2CCCC2)c(C#N)cn1.COC1CCN(Cc2cc3c(nc2C=O)N(C=O)CCC3)C1=O. The Bertz CT molecular complexity index is 1220. The number of hydrogen-bond donors (Lipinski definition) is 1. The average Bonchev–Trinajstić information content (AvgIpc) is 3.62. The normalized spacial score (nSPS) is 18.4. The first kappa shape index (κ1) is 27.0. The number of carbonyl (C=O) groups excluding carboxylic acids is 3. The van der Waals surface area contributed by atoms with Gasteiger partial charge in [-0.1, -0.05) is 0 Å². The van der Waals surface area contributed by atoms with E-state index < -0.39 is 6.10 Å². The van der Waals surface area contributed by atoms with Gasteiger partial charge in [-0.3, -0.25) is 19.3 Å². The summed E-state index contributed by atoms with van der Waals surface area (Å²) in [5, 5.41) is 12.0. The number of carbonyl (C=O) groups is 3. The summed E-state index contributed by atoms with van der Waals surface area (Å²) in [6, 6.07) is 6.04. The van der Waals surface area contributed by atoms with Crippen LogP contribution in [0.4, 0.5) is 17.3 Å².